The Kier molecular flexibility index (Phi) is 10.2. The van der Waals surface area contributed by atoms with E-state index < -0.39 is 0 Å². The molecule has 1 aliphatic rings. The Bertz CT molecular complexity index is 312. The summed E-state index contributed by atoms with van der Waals surface area (Å²) < 4.78 is 0. The molecule has 1 saturated carbocycles. The van der Waals surface area contributed by atoms with Crippen LogP contribution in [0.4, 0.5) is 0 Å². The van der Waals surface area contributed by atoms with Gasteiger partial charge in [0.1, 0.15) is 0 Å². The van der Waals surface area contributed by atoms with Gasteiger partial charge in [0.25, 0.3) is 0 Å². The Morgan fingerprint density at radius 3 is 2.43 bits per heavy atom. The summed E-state index contributed by atoms with van der Waals surface area (Å²) in [6, 6.07) is 0. The van der Waals surface area contributed by atoms with Gasteiger partial charge in [-0.05, 0) is 31.6 Å². The van der Waals surface area contributed by atoms with Crippen molar-refractivity contribution < 1.29 is 4.79 Å². The molecule has 0 aromatic heterocycles. The van der Waals surface area contributed by atoms with Gasteiger partial charge in [-0.25, -0.2) is 5.43 Å². The van der Waals surface area contributed by atoms with Crippen LogP contribution in [0.2, 0.25) is 0 Å². The van der Waals surface area contributed by atoms with Crippen molar-refractivity contribution in [1.82, 2.24) is 5.43 Å². The summed E-state index contributed by atoms with van der Waals surface area (Å²) in [5.74, 6) is 0.633. The number of hydrazone groups is 1. The monoisotopic (exact) mass is 294 g/mol. The van der Waals surface area contributed by atoms with E-state index >= 15 is 0 Å². The zero-order valence-electron chi connectivity index (χ0n) is 14.1. The molecule has 122 valence electrons. The van der Waals surface area contributed by atoms with Crippen molar-refractivity contribution in [2.24, 2.45) is 11.0 Å². The molecule has 1 fully saturated rings. The number of nitrogens with zero attached hydrogens (tertiary/aromatic N) is 1. The number of carbonyl (C=O) groups excluding carboxylic acids is 1. The van der Waals surface area contributed by atoms with E-state index in [1.807, 2.05) is 0 Å². The van der Waals surface area contributed by atoms with Crippen LogP contribution < -0.4 is 5.43 Å². The molecule has 3 heteroatoms. The van der Waals surface area contributed by atoms with Gasteiger partial charge in [0, 0.05) is 12.1 Å². The molecular weight excluding hydrogens is 260 g/mol. The molecule has 0 heterocycles. The highest BCUT2D eigenvalue weighted by Gasteiger charge is 2.15. The first kappa shape index (κ1) is 18.2. The van der Waals surface area contributed by atoms with Crippen LogP contribution >= 0.6 is 0 Å². The van der Waals surface area contributed by atoms with Gasteiger partial charge in [-0.15, -0.1) is 0 Å². The number of unbranched alkanes of at least 4 members (excludes halogenated alkanes) is 7. The topological polar surface area (TPSA) is 41.5 Å². The van der Waals surface area contributed by atoms with Gasteiger partial charge in [-0.3, -0.25) is 4.79 Å². The number of nitrogens with one attached hydrogen (secondary N) is 1. The summed E-state index contributed by atoms with van der Waals surface area (Å²) in [6.45, 7) is 4.46. The number of rotatable bonds is 10. The minimum atomic E-state index is 0.0891. The van der Waals surface area contributed by atoms with Crippen LogP contribution in [0.25, 0.3) is 0 Å². The highest BCUT2D eigenvalue weighted by Crippen LogP contribution is 2.20. The van der Waals surface area contributed by atoms with Crippen LogP contribution in [-0.2, 0) is 4.79 Å². The van der Waals surface area contributed by atoms with Gasteiger partial charge >= 0.3 is 0 Å². The normalized spacial score (nSPS) is 20.7. The van der Waals surface area contributed by atoms with Crippen LogP contribution in [0.1, 0.15) is 97.3 Å². The molecule has 3 nitrogen and oxygen atoms in total. The van der Waals surface area contributed by atoms with Crippen molar-refractivity contribution in [2.45, 2.75) is 97.3 Å². The van der Waals surface area contributed by atoms with E-state index in [4.69, 9.17) is 0 Å². The molecule has 0 spiro atoms. The third kappa shape index (κ3) is 8.90. The Labute approximate surface area is 131 Å². The van der Waals surface area contributed by atoms with Crippen LogP contribution in [0.3, 0.4) is 0 Å². The minimum absolute atomic E-state index is 0.0891. The van der Waals surface area contributed by atoms with Crippen molar-refractivity contribution in [3.8, 4) is 0 Å². The van der Waals surface area contributed by atoms with E-state index in [1.165, 1.54) is 69.9 Å². The SMILES string of the molecule is CCCCCCCCCCC(=O)NN=C1CCCCC1C. The Balaban J connectivity index is 2.00. The van der Waals surface area contributed by atoms with E-state index in [2.05, 4.69) is 24.4 Å². The van der Waals surface area contributed by atoms with E-state index in [0.717, 1.165) is 12.8 Å². The van der Waals surface area contributed by atoms with Gasteiger partial charge in [-0.1, -0.05) is 65.2 Å². The van der Waals surface area contributed by atoms with Gasteiger partial charge < -0.3 is 0 Å². The maximum atomic E-state index is 11.7. The first-order valence-electron chi connectivity index (χ1n) is 9.09. The molecule has 0 bridgehead atoms. The maximum Gasteiger partial charge on any atom is 0.240 e. The van der Waals surface area contributed by atoms with Gasteiger partial charge in [0.15, 0.2) is 0 Å². The Morgan fingerprint density at radius 2 is 1.76 bits per heavy atom. The van der Waals surface area contributed by atoms with Gasteiger partial charge in [0.05, 0.1) is 0 Å². The van der Waals surface area contributed by atoms with Crippen molar-refractivity contribution in [3.63, 3.8) is 0 Å². The third-order valence-corrected chi connectivity index (χ3v) is 4.47. The average molecular weight is 294 g/mol. The third-order valence-electron chi connectivity index (χ3n) is 4.47. The lowest BCUT2D eigenvalue weighted by Crippen LogP contribution is -2.24. The van der Waals surface area contributed by atoms with Crippen molar-refractivity contribution in [1.29, 1.82) is 0 Å². The summed E-state index contributed by atoms with van der Waals surface area (Å²) in [6.07, 6.45) is 15.6. The molecule has 0 saturated heterocycles. The van der Waals surface area contributed by atoms with Crippen LogP contribution in [-0.4, -0.2) is 11.6 Å². The number of carbonyl (C=O) groups is 1. The predicted molar refractivity (Wildman–Crippen MR) is 90.4 cm³/mol. The molecule has 0 aromatic rings. The minimum Gasteiger partial charge on any atom is -0.273 e. The Morgan fingerprint density at radius 1 is 1.10 bits per heavy atom. The lowest BCUT2D eigenvalue weighted by molar-refractivity contribution is -0.121. The first-order chi connectivity index (χ1) is 10.2. The number of amides is 1. The summed E-state index contributed by atoms with van der Waals surface area (Å²) in [4.78, 5) is 11.7. The van der Waals surface area contributed by atoms with Gasteiger partial charge in [-0.2, -0.15) is 5.10 Å². The second-order valence-corrected chi connectivity index (χ2v) is 6.51. The average Bonchev–Trinajstić information content (AvgIpc) is 2.49. The fourth-order valence-corrected chi connectivity index (χ4v) is 2.95. The molecular formula is C18H34N2O. The van der Waals surface area contributed by atoms with Crippen molar-refractivity contribution in [2.75, 3.05) is 0 Å². The highest BCUT2D eigenvalue weighted by atomic mass is 16.2. The van der Waals surface area contributed by atoms with E-state index in [-0.39, 0.29) is 5.91 Å². The molecule has 1 atom stereocenters. The maximum absolute atomic E-state index is 11.7. The lowest BCUT2D eigenvalue weighted by atomic mass is 9.89. The fourth-order valence-electron chi connectivity index (χ4n) is 2.95. The van der Waals surface area contributed by atoms with Crippen molar-refractivity contribution >= 4 is 11.6 Å². The smallest absolute Gasteiger partial charge is 0.240 e. The standard InChI is InChI=1S/C18H34N2O/c1-3-4-5-6-7-8-9-10-15-18(21)20-19-17-14-12-11-13-16(17)2/h16H,3-15H2,1-2H3,(H,20,21). The molecule has 1 unspecified atom stereocenters. The molecule has 0 aliphatic heterocycles. The van der Waals surface area contributed by atoms with Crippen LogP contribution in [0.5, 0.6) is 0 Å². The predicted octanol–water partition coefficient (Wildman–Crippen LogP) is 5.20. The lowest BCUT2D eigenvalue weighted by Gasteiger charge is -2.19. The summed E-state index contributed by atoms with van der Waals surface area (Å²) in [5.41, 5.74) is 3.94. The number of hydrogen-bond donors (Lipinski definition) is 1. The molecule has 1 rings (SSSR count). The van der Waals surface area contributed by atoms with E-state index in [9.17, 15) is 4.79 Å². The molecule has 21 heavy (non-hydrogen) atoms. The largest absolute Gasteiger partial charge is 0.273 e. The van der Waals surface area contributed by atoms with E-state index in [0.29, 0.717) is 12.3 Å². The molecule has 1 amide bonds. The summed E-state index contributed by atoms with van der Waals surface area (Å²) in [7, 11) is 0. The van der Waals surface area contributed by atoms with Gasteiger partial charge in [0.2, 0.25) is 5.91 Å². The zero-order chi connectivity index (χ0) is 15.3. The zero-order valence-corrected chi connectivity index (χ0v) is 14.1. The second-order valence-electron chi connectivity index (χ2n) is 6.51. The second kappa shape index (κ2) is 11.8. The number of hydrogen-bond acceptors (Lipinski definition) is 2. The van der Waals surface area contributed by atoms with Crippen LogP contribution in [0.15, 0.2) is 5.10 Å². The van der Waals surface area contributed by atoms with Crippen LogP contribution in [0, 0.1) is 5.92 Å². The summed E-state index contributed by atoms with van der Waals surface area (Å²) in [5, 5.41) is 4.33. The molecule has 0 radical (unpaired) electrons. The molecule has 1 aliphatic carbocycles. The Hall–Kier alpha value is -0.860. The highest BCUT2D eigenvalue weighted by molar-refractivity contribution is 5.88. The molecule has 1 N–H and O–H groups in total. The summed E-state index contributed by atoms with van der Waals surface area (Å²) >= 11 is 0. The van der Waals surface area contributed by atoms with E-state index in [1.54, 1.807) is 0 Å². The quantitative estimate of drug-likeness (QED) is 0.436. The first-order valence-corrected chi connectivity index (χ1v) is 9.09. The van der Waals surface area contributed by atoms with Crippen molar-refractivity contribution in [3.05, 3.63) is 0 Å². The fraction of sp³-hybridized carbons (Fsp3) is 0.889. The molecule has 0 aromatic carbocycles.